The second kappa shape index (κ2) is 8.69. The predicted octanol–water partition coefficient (Wildman–Crippen LogP) is 3.19. The molecule has 0 radical (unpaired) electrons. The number of rotatable bonds is 4. The molecule has 2 aromatic heterocycles. The Balaban J connectivity index is 1.11. The summed E-state index contributed by atoms with van der Waals surface area (Å²) in [6.07, 6.45) is 4.00. The lowest BCUT2D eigenvalue weighted by molar-refractivity contribution is -0.123. The van der Waals surface area contributed by atoms with Crippen molar-refractivity contribution in [2.24, 2.45) is 0 Å². The first-order valence-corrected chi connectivity index (χ1v) is 12.8. The van der Waals surface area contributed by atoms with Gasteiger partial charge in [-0.2, -0.15) is 0 Å². The van der Waals surface area contributed by atoms with E-state index in [1.165, 1.54) is 26.0 Å². The molecule has 3 aromatic rings. The number of carbonyl (C=O) groups is 3. The number of urea groups is 1. The number of benzene rings is 1. The van der Waals surface area contributed by atoms with Gasteiger partial charge in [0.1, 0.15) is 11.2 Å². The molecule has 2 fully saturated rings. The Bertz CT molecular complexity index is 1350. The van der Waals surface area contributed by atoms with Crippen LogP contribution >= 0.6 is 11.3 Å². The molecule has 9 nitrogen and oxygen atoms in total. The van der Waals surface area contributed by atoms with Gasteiger partial charge in [0, 0.05) is 34.7 Å². The smallest absolute Gasteiger partial charge is 0.299 e. The Labute approximate surface area is 206 Å². The highest BCUT2D eigenvalue weighted by atomic mass is 32.1. The molecular weight excluding hydrogens is 464 g/mol. The number of hydrazine groups is 1. The molecule has 1 N–H and O–H groups in total. The number of carbonyl (C=O) groups excluding carboxylic acids is 3. The standard InChI is InChI=1S/C25H26N6O3S/c1-15-10-20-22(26-14-27-23(20)35-15)17-4-7-29(8-5-17)12-16-2-3-19-18(11-16)13-31(24(19)33)30-9-6-21(32)28-25(30)34/h2-3,10-11,14,17H,4-9,12-13H2,1H3,(H,28,32,34). The summed E-state index contributed by atoms with van der Waals surface area (Å²) >= 11 is 1.72. The number of aryl methyl sites for hydroxylation is 1. The summed E-state index contributed by atoms with van der Waals surface area (Å²) in [5.74, 6) is -0.0627. The van der Waals surface area contributed by atoms with Crippen molar-refractivity contribution >= 4 is 39.4 Å². The van der Waals surface area contributed by atoms with Crippen LogP contribution in [0.25, 0.3) is 10.2 Å². The summed E-state index contributed by atoms with van der Waals surface area (Å²) < 4.78 is 0. The van der Waals surface area contributed by atoms with Crippen LogP contribution in [0, 0.1) is 6.92 Å². The van der Waals surface area contributed by atoms with Gasteiger partial charge in [-0.25, -0.2) is 24.8 Å². The molecule has 2 saturated heterocycles. The molecular formula is C25H26N6O3S. The lowest BCUT2D eigenvalue weighted by atomic mass is 9.91. The van der Waals surface area contributed by atoms with Gasteiger partial charge < -0.3 is 0 Å². The van der Waals surface area contributed by atoms with Gasteiger partial charge in [0.25, 0.3) is 5.91 Å². The molecule has 10 heteroatoms. The van der Waals surface area contributed by atoms with Gasteiger partial charge in [-0.15, -0.1) is 11.3 Å². The van der Waals surface area contributed by atoms with Crippen LogP contribution in [0.4, 0.5) is 4.79 Å². The largest absolute Gasteiger partial charge is 0.342 e. The summed E-state index contributed by atoms with van der Waals surface area (Å²) in [4.78, 5) is 50.4. The van der Waals surface area contributed by atoms with Crippen LogP contribution in [-0.2, 0) is 17.9 Å². The first-order valence-electron chi connectivity index (χ1n) is 11.9. The SMILES string of the molecule is Cc1cc2c(C3CCN(Cc4ccc5c(c4)CN(N4CCC(=O)NC4=O)C5=O)CC3)ncnc2s1. The molecule has 0 spiro atoms. The molecule has 0 aliphatic carbocycles. The highest BCUT2D eigenvalue weighted by Crippen LogP contribution is 2.34. The van der Waals surface area contributed by atoms with Crippen molar-refractivity contribution in [1.82, 2.24) is 30.2 Å². The second-order valence-corrected chi connectivity index (χ2v) is 10.7. The minimum Gasteiger partial charge on any atom is -0.299 e. The third-order valence-corrected chi connectivity index (χ3v) is 8.10. The highest BCUT2D eigenvalue weighted by Gasteiger charge is 2.37. The van der Waals surface area contributed by atoms with Crippen LogP contribution in [-0.4, -0.2) is 62.4 Å². The third-order valence-electron chi connectivity index (χ3n) is 7.14. The van der Waals surface area contributed by atoms with Crippen molar-refractivity contribution in [3.63, 3.8) is 0 Å². The van der Waals surface area contributed by atoms with Crippen molar-refractivity contribution in [2.75, 3.05) is 19.6 Å². The molecule has 180 valence electrons. The molecule has 1 aromatic carbocycles. The number of imide groups is 1. The van der Waals surface area contributed by atoms with E-state index in [1.807, 2.05) is 12.1 Å². The van der Waals surface area contributed by atoms with E-state index in [0.717, 1.165) is 48.4 Å². The van der Waals surface area contributed by atoms with Gasteiger partial charge in [0.15, 0.2) is 0 Å². The van der Waals surface area contributed by atoms with Crippen LogP contribution in [0.5, 0.6) is 0 Å². The van der Waals surface area contributed by atoms with Crippen LogP contribution in [0.15, 0.2) is 30.6 Å². The first kappa shape index (κ1) is 22.1. The average molecular weight is 491 g/mol. The normalized spacial score (nSPS) is 19.5. The Morgan fingerprint density at radius 2 is 1.89 bits per heavy atom. The Hall–Kier alpha value is -3.37. The fourth-order valence-electron chi connectivity index (χ4n) is 5.38. The van der Waals surface area contributed by atoms with Crippen molar-refractivity contribution < 1.29 is 14.4 Å². The number of piperidine rings is 1. The zero-order chi connectivity index (χ0) is 24.1. The number of likely N-dealkylation sites (tertiary alicyclic amines) is 1. The maximum Gasteiger partial charge on any atom is 0.342 e. The summed E-state index contributed by atoms with van der Waals surface area (Å²) in [5.41, 5.74) is 3.88. The van der Waals surface area contributed by atoms with Crippen LogP contribution < -0.4 is 5.32 Å². The Morgan fingerprint density at radius 1 is 1.06 bits per heavy atom. The number of hydrogen-bond acceptors (Lipinski definition) is 7. The van der Waals surface area contributed by atoms with E-state index in [-0.39, 0.29) is 24.8 Å². The number of fused-ring (bicyclic) bond motifs is 2. The first-order chi connectivity index (χ1) is 17.0. The lowest BCUT2D eigenvalue weighted by Crippen LogP contribution is -2.56. The van der Waals surface area contributed by atoms with Gasteiger partial charge in [0.05, 0.1) is 18.8 Å². The minimum absolute atomic E-state index is 0.194. The van der Waals surface area contributed by atoms with E-state index >= 15 is 0 Å². The second-order valence-electron chi connectivity index (χ2n) is 9.47. The van der Waals surface area contributed by atoms with Crippen molar-refractivity contribution in [3.05, 3.63) is 57.9 Å². The fourth-order valence-corrected chi connectivity index (χ4v) is 6.24. The Kier molecular flexibility index (Phi) is 5.49. The maximum atomic E-state index is 12.9. The monoisotopic (exact) mass is 490 g/mol. The summed E-state index contributed by atoms with van der Waals surface area (Å²) in [5, 5.41) is 6.27. The molecule has 3 aliphatic rings. The number of amides is 4. The van der Waals surface area contributed by atoms with Crippen molar-refractivity contribution in [3.8, 4) is 0 Å². The number of aromatic nitrogens is 2. The molecule has 6 rings (SSSR count). The van der Waals surface area contributed by atoms with E-state index in [1.54, 1.807) is 17.7 Å². The molecule has 4 amide bonds. The number of hydrogen-bond donors (Lipinski definition) is 1. The quantitative estimate of drug-likeness (QED) is 0.603. The van der Waals surface area contributed by atoms with E-state index in [4.69, 9.17) is 0 Å². The highest BCUT2D eigenvalue weighted by molar-refractivity contribution is 7.18. The fraction of sp³-hybridized carbons (Fsp3) is 0.400. The lowest BCUT2D eigenvalue weighted by Gasteiger charge is -2.33. The van der Waals surface area contributed by atoms with Crippen molar-refractivity contribution in [1.29, 1.82) is 0 Å². The molecule has 0 saturated carbocycles. The van der Waals surface area contributed by atoms with E-state index < -0.39 is 6.03 Å². The van der Waals surface area contributed by atoms with E-state index in [0.29, 0.717) is 18.0 Å². The zero-order valence-electron chi connectivity index (χ0n) is 19.5. The predicted molar refractivity (Wildman–Crippen MR) is 131 cm³/mol. The van der Waals surface area contributed by atoms with Crippen LogP contribution in [0.3, 0.4) is 0 Å². The van der Waals surface area contributed by atoms with E-state index in [2.05, 4.69) is 39.2 Å². The van der Waals surface area contributed by atoms with Gasteiger partial charge in [-0.05, 0) is 56.1 Å². The minimum atomic E-state index is -0.538. The molecule has 3 aliphatic heterocycles. The number of thiophene rings is 1. The van der Waals surface area contributed by atoms with Gasteiger partial charge >= 0.3 is 6.03 Å². The zero-order valence-corrected chi connectivity index (χ0v) is 20.3. The van der Waals surface area contributed by atoms with Gasteiger partial charge in [-0.3, -0.25) is 19.8 Å². The summed E-state index contributed by atoms with van der Waals surface area (Å²) in [7, 11) is 0. The molecule has 35 heavy (non-hydrogen) atoms. The number of nitrogens with one attached hydrogen (secondary N) is 1. The Morgan fingerprint density at radius 3 is 2.69 bits per heavy atom. The molecule has 0 atom stereocenters. The summed E-state index contributed by atoms with van der Waals surface area (Å²) in [6, 6.07) is 7.62. The number of nitrogens with zero attached hydrogens (tertiary/aromatic N) is 5. The van der Waals surface area contributed by atoms with E-state index in [9.17, 15) is 14.4 Å². The topological polar surface area (TPSA) is 98.7 Å². The molecule has 0 bridgehead atoms. The molecule has 5 heterocycles. The van der Waals surface area contributed by atoms with Crippen molar-refractivity contribution in [2.45, 2.75) is 45.2 Å². The average Bonchev–Trinajstić information content (AvgIpc) is 3.38. The van der Waals surface area contributed by atoms with Crippen LogP contribution in [0.2, 0.25) is 0 Å². The van der Waals surface area contributed by atoms with Gasteiger partial charge in [0.2, 0.25) is 5.91 Å². The van der Waals surface area contributed by atoms with Crippen LogP contribution in [0.1, 0.15) is 57.2 Å². The van der Waals surface area contributed by atoms with Gasteiger partial charge in [-0.1, -0.05) is 12.1 Å². The summed E-state index contributed by atoms with van der Waals surface area (Å²) in [6.45, 7) is 5.48. The third kappa shape index (κ3) is 4.06. The molecule has 0 unspecified atom stereocenters. The maximum absolute atomic E-state index is 12.9.